The van der Waals surface area contributed by atoms with E-state index in [0.29, 0.717) is 0 Å². The van der Waals surface area contributed by atoms with E-state index < -0.39 is 0 Å². The molecule has 2 aliphatic carbocycles. The molecule has 1 N–H and O–H groups in total. The van der Waals surface area contributed by atoms with Gasteiger partial charge in [0.2, 0.25) is 0 Å². The molecule has 0 aliphatic heterocycles. The molecule has 1 aromatic heterocycles. The maximum atomic E-state index is 9.09. The van der Waals surface area contributed by atoms with Gasteiger partial charge < -0.3 is 5.21 Å². The lowest BCUT2D eigenvalue weighted by atomic mass is 9.73. The zero-order valence-electron chi connectivity index (χ0n) is 9.00. The third-order valence-electron chi connectivity index (χ3n) is 3.93. The Bertz CT molecular complexity index is 446. The van der Waals surface area contributed by atoms with E-state index in [9.17, 15) is 0 Å². The Labute approximate surface area is 104 Å². The van der Waals surface area contributed by atoms with Gasteiger partial charge in [-0.2, -0.15) is 0 Å². The summed E-state index contributed by atoms with van der Waals surface area (Å²) < 4.78 is 0.816. The molecule has 1 fully saturated rings. The third-order valence-corrected chi connectivity index (χ3v) is 5.44. The van der Waals surface area contributed by atoms with Crippen molar-refractivity contribution in [3.8, 4) is 0 Å². The SMILES string of the molecule is O/N=C1/CC2(CCCCC2)c2sc(Cl)cc21. The lowest BCUT2D eigenvalue weighted by Gasteiger charge is -2.32. The van der Waals surface area contributed by atoms with Crippen molar-refractivity contribution in [3.05, 3.63) is 20.8 Å². The molecule has 3 rings (SSSR count). The van der Waals surface area contributed by atoms with Crippen LogP contribution in [0.5, 0.6) is 0 Å². The number of oxime groups is 1. The normalized spacial score (nSPS) is 25.2. The molecule has 0 radical (unpaired) electrons. The fourth-order valence-electron chi connectivity index (χ4n) is 3.19. The molecule has 0 saturated heterocycles. The Morgan fingerprint density at radius 3 is 2.75 bits per heavy atom. The molecule has 1 aromatic rings. The maximum absolute atomic E-state index is 9.09. The van der Waals surface area contributed by atoms with Crippen LogP contribution in [-0.2, 0) is 5.41 Å². The van der Waals surface area contributed by atoms with Crippen LogP contribution in [0.25, 0.3) is 0 Å². The molecule has 16 heavy (non-hydrogen) atoms. The van der Waals surface area contributed by atoms with Crippen LogP contribution in [-0.4, -0.2) is 10.9 Å². The van der Waals surface area contributed by atoms with E-state index in [2.05, 4.69) is 5.16 Å². The molecule has 1 spiro atoms. The molecular formula is C12H14ClNOS. The van der Waals surface area contributed by atoms with Crippen molar-refractivity contribution in [2.24, 2.45) is 5.16 Å². The fourth-order valence-corrected chi connectivity index (χ4v) is 4.68. The molecule has 1 heterocycles. The third kappa shape index (κ3) is 1.41. The van der Waals surface area contributed by atoms with Crippen molar-refractivity contribution in [3.63, 3.8) is 0 Å². The van der Waals surface area contributed by atoms with Gasteiger partial charge in [-0.05, 0) is 18.9 Å². The first-order valence-corrected chi connectivity index (χ1v) is 6.96. The van der Waals surface area contributed by atoms with E-state index in [0.717, 1.165) is 22.0 Å². The zero-order valence-corrected chi connectivity index (χ0v) is 10.6. The quantitative estimate of drug-likeness (QED) is 0.547. The number of thiophene rings is 1. The minimum Gasteiger partial charge on any atom is -0.411 e. The van der Waals surface area contributed by atoms with Gasteiger partial charge >= 0.3 is 0 Å². The summed E-state index contributed by atoms with van der Waals surface area (Å²) in [7, 11) is 0. The van der Waals surface area contributed by atoms with Crippen molar-refractivity contribution in [1.82, 2.24) is 0 Å². The number of rotatable bonds is 0. The number of nitrogens with zero attached hydrogens (tertiary/aromatic N) is 1. The van der Waals surface area contributed by atoms with Gasteiger partial charge in [-0.3, -0.25) is 0 Å². The molecule has 1 saturated carbocycles. The largest absolute Gasteiger partial charge is 0.411 e. The molecule has 2 aliphatic rings. The van der Waals surface area contributed by atoms with Crippen LogP contribution in [0.2, 0.25) is 4.34 Å². The van der Waals surface area contributed by atoms with Crippen molar-refractivity contribution in [2.75, 3.05) is 0 Å². The lowest BCUT2D eigenvalue weighted by molar-refractivity contribution is 0.300. The van der Waals surface area contributed by atoms with Gasteiger partial charge in [0.1, 0.15) is 0 Å². The average Bonchev–Trinajstić information content (AvgIpc) is 2.79. The monoisotopic (exact) mass is 255 g/mol. The van der Waals surface area contributed by atoms with Gasteiger partial charge in [-0.25, -0.2) is 0 Å². The van der Waals surface area contributed by atoms with E-state index >= 15 is 0 Å². The predicted molar refractivity (Wildman–Crippen MR) is 67.0 cm³/mol. The molecule has 0 unspecified atom stereocenters. The predicted octanol–water partition coefficient (Wildman–Crippen LogP) is 4.19. The smallest absolute Gasteiger partial charge is 0.0938 e. The van der Waals surface area contributed by atoms with Crippen molar-refractivity contribution < 1.29 is 5.21 Å². The molecule has 2 nitrogen and oxygen atoms in total. The van der Waals surface area contributed by atoms with Crippen molar-refractivity contribution in [1.29, 1.82) is 0 Å². The molecule has 0 bridgehead atoms. The van der Waals surface area contributed by atoms with Crippen LogP contribution in [0.4, 0.5) is 0 Å². The first-order valence-electron chi connectivity index (χ1n) is 5.76. The van der Waals surface area contributed by atoms with Crippen LogP contribution >= 0.6 is 22.9 Å². The highest BCUT2D eigenvalue weighted by molar-refractivity contribution is 7.16. The Morgan fingerprint density at radius 1 is 1.31 bits per heavy atom. The summed E-state index contributed by atoms with van der Waals surface area (Å²) in [6.07, 6.45) is 7.25. The van der Waals surface area contributed by atoms with Crippen molar-refractivity contribution >= 4 is 28.6 Å². The van der Waals surface area contributed by atoms with Gasteiger partial charge in [0.25, 0.3) is 0 Å². The second kappa shape index (κ2) is 3.74. The van der Waals surface area contributed by atoms with E-state index in [4.69, 9.17) is 16.8 Å². The molecule has 0 aromatic carbocycles. The van der Waals surface area contributed by atoms with Gasteiger partial charge in [0.15, 0.2) is 0 Å². The second-order valence-electron chi connectivity index (χ2n) is 4.86. The second-order valence-corrected chi connectivity index (χ2v) is 6.54. The maximum Gasteiger partial charge on any atom is 0.0938 e. The highest BCUT2D eigenvalue weighted by Crippen LogP contribution is 2.52. The summed E-state index contributed by atoms with van der Waals surface area (Å²) in [6.45, 7) is 0. The minimum absolute atomic E-state index is 0.243. The summed E-state index contributed by atoms with van der Waals surface area (Å²) in [5, 5.41) is 12.5. The number of hydrogen-bond donors (Lipinski definition) is 1. The zero-order chi connectivity index (χ0) is 11.2. The van der Waals surface area contributed by atoms with E-state index in [1.807, 2.05) is 6.07 Å². The molecule has 0 amide bonds. The van der Waals surface area contributed by atoms with E-state index in [-0.39, 0.29) is 5.41 Å². The van der Waals surface area contributed by atoms with Crippen LogP contribution in [0, 0.1) is 0 Å². The summed E-state index contributed by atoms with van der Waals surface area (Å²) >= 11 is 7.76. The van der Waals surface area contributed by atoms with E-state index in [1.165, 1.54) is 37.0 Å². The van der Waals surface area contributed by atoms with Gasteiger partial charge in [-0.1, -0.05) is 36.0 Å². The van der Waals surface area contributed by atoms with Crippen molar-refractivity contribution in [2.45, 2.75) is 43.9 Å². The highest BCUT2D eigenvalue weighted by Gasteiger charge is 2.44. The Balaban J connectivity index is 2.10. The van der Waals surface area contributed by atoms with E-state index in [1.54, 1.807) is 11.3 Å². The Morgan fingerprint density at radius 2 is 2.06 bits per heavy atom. The summed E-state index contributed by atoms with van der Waals surface area (Å²) in [5.41, 5.74) is 2.17. The van der Waals surface area contributed by atoms with Gasteiger partial charge in [0, 0.05) is 22.3 Å². The summed E-state index contributed by atoms with van der Waals surface area (Å²) in [5.74, 6) is 0. The number of fused-ring (bicyclic) bond motifs is 2. The van der Waals surface area contributed by atoms with Crippen LogP contribution < -0.4 is 0 Å². The Hall–Kier alpha value is -0.540. The fraction of sp³-hybridized carbons (Fsp3) is 0.583. The molecule has 86 valence electrons. The topological polar surface area (TPSA) is 32.6 Å². The van der Waals surface area contributed by atoms with Crippen LogP contribution in [0.1, 0.15) is 49.0 Å². The molecule has 0 atom stereocenters. The average molecular weight is 256 g/mol. The first-order chi connectivity index (χ1) is 7.75. The molecular weight excluding hydrogens is 242 g/mol. The standard InChI is InChI=1S/C12H14ClNOS/c13-10-6-8-9(14-15)7-12(11(8)16-10)4-2-1-3-5-12/h6,15H,1-5,7H2/b14-9-. The first kappa shape index (κ1) is 10.6. The lowest BCUT2D eigenvalue weighted by Crippen LogP contribution is -2.25. The van der Waals surface area contributed by atoms with Crippen LogP contribution in [0.15, 0.2) is 11.2 Å². The Kier molecular flexibility index (Phi) is 2.48. The van der Waals surface area contributed by atoms with Gasteiger partial charge in [0.05, 0.1) is 10.0 Å². The number of hydrogen-bond acceptors (Lipinski definition) is 3. The highest BCUT2D eigenvalue weighted by atomic mass is 35.5. The number of halogens is 1. The minimum atomic E-state index is 0.243. The van der Waals surface area contributed by atoms with Gasteiger partial charge in [-0.15, -0.1) is 11.3 Å². The molecule has 4 heteroatoms. The summed E-state index contributed by atoms with van der Waals surface area (Å²) in [6, 6.07) is 1.96. The summed E-state index contributed by atoms with van der Waals surface area (Å²) in [4.78, 5) is 1.37. The van der Waals surface area contributed by atoms with Crippen LogP contribution in [0.3, 0.4) is 0 Å².